The molecule has 30 heavy (non-hydrogen) atoms. The Hall–Kier alpha value is -1.65. The Balaban J connectivity index is 0.00000320. The molecule has 0 radical (unpaired) electrons. The molecule has 0 saturated carbocycles. The first-order valence-electron chi connectivity index (χ1n) is 10.5. The van der Waals surface area contributed by atoms with Crippen LogP contribution in [0.3, 0.4) is 0 Å². The fourth-order valence-electron chi connectivity index (χ4n) is 3.40. The number of nitrogens with zero attached hydrogens (tertiary/aromatic N) is 3. The van der Waals surface area contributed by atoms with Gasteiger partial charge in [-0.15, -0.1) is 24.0 Å². The van der Waals surface area contributed by atoms with Crippen molar-refractivity contribution in [2.24, 2.45) is 4.99 Å². The summed E-state index contributed by atoms with van der Waals surface area (Å²) in [7, 11) is 0. The molecule has 1 aliphatic heterocycles. The highest BCUT2D eigenvalue weighted by molar-refractivity contribution is 14.0. The predicted octanol–water partition coefficient (Wildman–Crippen LogP) is 3.36. The van der Waals surface area contributed by atoms with Crippen molar-refractivity contribution in [3.63, 3.8) is 0 Å². The number of hydrogen-bond acceptors (Lipinski definition) is 4. The van der Waals surface area contributed by atoms with Crippen LogP contribution < -0.4 is 10.6 Å². The highest BCUT2D eigenvalue weighted by Crippen LogP contribution is 2.18. The fourth-order valence-corrected chi connectivity index (χ4v) is 3.40. The maximum Gasteiger partial charge on any atom is 0.191 e. The normalized spacial score (nSPS) is 16.4. The van der Waals surface area contributed by atoms with Crippen molar-refractivity contribution in [3.8, 4) is 5.69 Å². The van der Waals surface area contributed by atoms with Crippen LogP contribution in [0.5, 0.6) is 0 Å². The molecule has 166 valence electrons. The van der Waals surface area contributed by atoms with Crippen LogP contribution in [0.1, 0.15) is 36.7 Å². The molecule has 1 atom stereocenters. The zero-order chi connectivity index (χ0) is 20.5. The molecule has 1 unspecified atom stereocenters. The van der Waals surface area contributed by atoms with Gasteiger partial charge in [0.05, 0.1) is 30.6 Å². The molecular formula is C22H34IN5O2. The van der Waals surface area contributed by atoms with Crippen molar-refractivity contribution in [2.75, 3.05) is 32.9 Å². The van der Waals surface area contributed by atoms with Gasteiger partial charge >= 0.3 is 0 Å². The average molecular weight is 527 g/mol. The summed E-state index contributed by atoms with van der Waals surface area (Å²) in [6, 6.07) is 10.2. The van der Waals surface area contributed by atoms with Crippen molar-refractivity contribution in [3.05, 3.63) is 47.3 Å². The van der Waals surface area contributed by atoms with Crippen LogP contribution in [-0.4, -0.2) is 54.8 Å². The molecule has 3 rings (SSSR count). The van der Waals surface area contributed by atoms with Gasteiger partial charge in [-0.25, -0.2) is 9.67 Å². The van der Waals surface area contributed by atoms with Crippen LogP contribution in [-0.2, 0) is 16.0 Å². The third-order valence-electron chi connectivity index (χ3n) is 5.04. The van der Waals surface area contributed by atoms with E-state index in [1.54, 1.807) is 0 Å². The average Bonchev–Trinajstić information content (AvgIpc) is 3.35. The van der Waals surface area contributed by atoms with Crippen LogP contribution in [0, 0.1) is 13.8 Å². The zero-order valence-corrected chi connectivity index (χ0v) is 20.5. The number of nitrogens with one attached hydrogen (secondary N) is 2. The van der Waals surface area contributed by atoms with Gasteiger partial charge in [0.2, 0.25) is 0 Å². The summed E-state index contributed by atoms with van der Waals surface area (Å²) in [6.45, 7) is 10.7. The Morgan fingerprint density at radius 2 is 2.07 bits per heavy atom. The molecule has 8 heteroatoms. The van der Waals surface area contributed by atoms with E-state index in [9.17, 15) is 0 Å². The minimum absolute atomic E-state index is 0. The summed E-state index contributed by atoms with van der Waals surface area (Å²) in [4.78, 5) is 4.77. The van der Waals surface area contributed by atoms with E-state index in [2.05, 4.69) is 36.6 Å². The van der Waals surface area contributed by atoms with E-state index in [-0.39, 0.29) is 30.1 Å². The summed E-state index contributed by atoms with van der Waals surface area (Å²) >= 11 is 0. The molecule has 1 saturated heterocycles. The molecule has 0 amide bonds. The predicted molar refractivity (Wildman–Crippen MR) is 131 cm³/mol. The smallest absolute Gasteiger partial charge is 0.191 e. The molecule has 7 nitrogen and oxygen atoms in total. The first-order chi connectivity index (χ1) is 14.2. The third kappa shape index (κ3) is 6.95. The minimum atomic E-state index is 0. The molecule has 1 aliphatic rings. The van der Waals surface area contributed by atoms with Crippen LogP contribution in [0.4, 0.5) is 0 Å². The number of para-hydroxylation sites is 1. The van der Waals surface area contributed by atoms with Crippen LogP contribution in [0.2, 0.25) is 0 Å². The summed E-state index contributed by atoms with van der Waals surface area (Å²) in [5.74, 6) is 0.822. The van der Waals surface area contributed by atoms with Crippen molar-refractivity contribution < 1.29 is 9.47 Å². The maximum atomic E-state index is 5.81. The van der Waals surface area contributed by atoms with Crippen LogP contribution in [0.15, 0.2) is 35.3 Å². The van der Waals surface area contributed by atoms with E-state index in [0.717, 1.165) is 74.4 Å². The molecule has 1 aromatic heterocycles. The van der Waals surface area contributed by atoms with E-state index in [1.807, 2.05) is 29.8 Å². The molecule has 2 N–H and O–H groups in total. The second-order valence-corrected chi connectivity index (χ2v) is 7.23. The first kappa shape index (κ1) is 24.6. The number of aliphatic imine (C=N–C) groups is 1. The lowest BCUT2D eigenvalue weighted by molar-refractivity contribution is 0.0420. The lowest BCUT2D eigenvalue weighted by Gasteiger charge is -2.13. The Labute approximate surface area is 196 Å². The molecule has 2 heterocycles. The number of benzene rings is 1. The van der Waals surface area contributed by atoms with Gasteiger partial charge in [0.15, 0.2) is 5.96 Å². The molecule has 1 aromatic carbocycles. The highest BCUT2D eigenvalue weighted by Gasteiger charge is 2.15. The number of halogens is 1. The van der Waals surface area contributed by atoms with Gasteiger partial charge in [-0.2, -0.15) is 5.10 Å². The number of guanidine groups is 1. The van der Waals surface area contributed by atoms with Crippen LogP contribution in [0.25, 0.3) is 5.69 Å². The highest BCUT2D eigenvalue weighted by atomic mass is 127. The van der Waals surface area contributed by atoms with Gasteiger partial charge in [0, 0.05) is 37.6 Å². The lowest BCUT2D eigenvalue weighted by Crippen LogP contribution is -2.38. The van der Waals surface area contributed by atoms with Crippen molar-refractivity contribution in [1.29, 1.82) is 0 Å². The number of aryl methyl sites for hydroxylation is 1. The molecule has 1 fully saturated rings. The Morgan fingerprint density at radius 1 is 1.27 bits per heavy atom. The van der Waals surface area contributed by atoms with Gasteiger partial charge < -0.3 is 20.1 Å². The summed E-state index contributed by atoms with van der Waals surface area (Å²) in [6.07, 6.45) is 2.21. The van der Waals surface area contributed by atoms with Gasteiger partial charge in [-0.1, -0.05) is 18.2 Å². The van der Waals surface area contributed by atoms with Gasteiger partial charge in [-0.3, -0.25) is 0 Å². The summed E-state index contributed by atoms with van der Waals surface area (Å²) < 4.78 is 13.1. The number of aromatic nitrogens is 2. The van der Waals surface area contributed by atoms with Gasteiger partial charge in [0.1, 0.15) is 0 Å². The molecule has 0 spiro atoms. The largest absolute Gasteiger partial charge is 0.379 e. The Morgan fingerprint density at radius 3 is 2.77 bits per heavy atom. The third-order valence-corrected chi connectivity index (χ3v) is 5.04. The lowest BCUT2D eigenvalue weighted by atomic mass is 10.2. The number of hydrogen-bond donors (Lipinski definition) is 2. The van der Waals surface area contributed by atoms with Crippen molar-refractivity contribution in [2.45, 2.75) is 46.3 Å². The Bertz CT molecular complexity index is 788. The Kier molecular flexibility index (Phi) is 10.6. The number of ether oxygens (including phenoxy) is 2. The minimum Gasteiger partial charge on any atom is -0.379 e. The molecule has 0 bridgehead atoms. The monoisotopic (exact) mass is 527 g/mol. The zero-order valence-electron chi connectivity index (χ0n) is 18.2. The molecule has 2 aromatic rings. The van der Waals surface area contributed by atoms with Gasteiger partial charge in [0.25, 0.3) is 0 Å². The van der Waals surface area contributed by atoms with Crippen molar-refractivity contribution >= 4 is 29.9 Å². The summed E-state index contributed by atoms with van der Waals surface area (Å²) in [5, 5.41) is 11.4. The van der Waals surface area contributed by atoms with Crippen LogP contribution >= 0.6 is 24.0 Å². The maximum absolute atomic E-state index is 5.81. The SMILES string of the molecule is CCNC(=NCc1c(C)nn(-c2ccccc2)c1C)NCCCOC1CCOC1.I. The molecular weight excluding hydrogens is 493 g/mol. The van der Waals surface area contributed by atoms with E-state index in [4.69, 9.17) is 19.6 Å². The second kappa shape index (κ2) is 12.9. The van der Waals surface area contributed by atoms with Crippen molar-refractivity contribution in [1.82, 2.24) is 20.4 Å². The standard InChI is InChI=1S/C22H33N5O2.HI/c1-4-23-22(24-12-8-13-29-20-11-14-28-16-20)25-15-21-17(2)26-27(18(21)3)19-9-6-5-7-10-19;/h5-7,9-10,20H,4,8,11-16H2,1-3H3,(H2,23,24,25);1H. The summed E-state index contributed by atoms with van der Waals surface area (Å²) in [5.41, 5.74) is 4.37. The van der Waals surface area contributed by atoms with E-state index < -0.39 is 0 Å². The quantitative estimate of drug-likeness (QED) is 0.227. The van der Waals surface area contributed by atoms with E-state index >= 15 is 0 Å². The van der Waals surface area contributed by atoms with Gasteiger partial charge in [-0.05, 0) is 45.7 Å². The fraction of sp³-hybridized carbons (Fsp3) is 0.545. The first-order valence-corrected chi connectivity index (χ1v) is 10.5. The number of rotatable bonds is 9. The molecule has 0 aliphatic carbocycles. The van der Waals surface area contributed by atoms with E-state index in [0.29, 0.717) is 6.54 Å². The van der Waals surface area contributed by atoms with E-state index in [1.165, 1.54) is 0 Å². The topological polar surface area (TPSA) is 72.7 Å². The second-order valence-electron chi connectivity index (χ2n) is 7.23.